The van der Waals surface area contributed by atoms with Crippen molar-refractivity contribution < 1.29 is 0 Å². The summed E-state index contributed by atoms with van der Waals surface area (Å²) in [4.78, 5) is 0. The number of hydrogen-bond acceptors (Lipinski definition) is 2. The minimum absolute atomic E-state index is 1.17. The van der Waals surface area contributed by atoms with Crippen LogP contribution in [0.4, 0.5) is 0 Å². The average Bonchev–Trinajstić information content (AvgIpc) is 4.04. The van der Waals surface area contributed by atoms with E-state index in [2.05, 4.69) is 203 Å². The van der Waals surface area contributed by atoms with Crippen molar-refractivity contribution in [1.29, 1.82) is 0 Å². The Labute approximate surface area is 341 Å². The molecule has 4 aromatic heterocycles. The predicted molar refractivity (Wildman–Crippen MR) is 252 cm³/mol. The maximum absolute atomic E-state index is 2.48. The van der Waals surface area contributed by atoms with Gasteiger partial charge >= 0.3 is 0 Å². The van der Waals surface area contributed by atoms with Gasteiger partial charge < -0.3 is 9.13 Å². The summed E-state index contributed by atoms with van der Waals surface area (Å²) < 4.78 is 10.3. The number of rotatable bonds is 4. The summed E-state index contributed by atoms with van der Waals surface area (Å²) in [5.41, 5.74) is 12.1. The first kappa shape index (κ1) is 32.1. The topological polar surface area (TPSA) is 9.86 Å². The third-order valence-electron chi connectivity index (χ3n) is 12.1. The average molecular weight is 773 g/mol. The zero-order valence-corrected chi connectivity index (χ0v) is 32.8. The first-order chi connectivity index (χ1) is 28.8. The molecule has 0 radical (unpaired) electrons. The second-order valence-electron chi connectivity index (χ2n) is 15.2. The number of fused-ring (bicyclic) bond motifs is 14. The Balaban J connectivity index is 1.12. The molecule has 9 aromatic carbocycles. The van der Waals surface area contributed by atoms with Gasteiger partial charge in [0.15, 0.2) is 0 Å². The van der Waals surface area contributed by atoms with Gasteiger partial charge in [-0.3, -0.25) is 0 Å². The lowest BCUT2D eigenvalue weighted by atomic mass is 9.94. The van der Waals surface area contributed by atoms with E-state index < -0.39 is 0 Å². The number of aromatic nitrogens is 2. The number of para-hydroxylation sites is 4. The van der Waals surface area contributed by atoms with Crippen molar-refractivity contribution >= 4 is 107 Å². The molecule has 0 fully saturated rings. The molecule has 0 saturated heterocycles. The van der Waals surface area contributed by atoms with Crippen LogP contribution in [0.3, 0.4) is 0 Å². The van der Waals surface area contributed by atoms with Crippen molar-refractivity contribution in [3.8, 4) is 33.6 Å². The quantitative estimate of drug-likeness (QED) is 0.169. The van der Waals surface area contributed by atoms with Crippen LogP contribution in [0.1, 0.15) is 0 Å². The summed E-state index contributed by atoms with van der Waals surface area (Å²) in [6, 6.07) is 71.6. The van der Waals surface area contributed by atoms with E-state index in [1.165, 1.54) is 118 Å². The molecule has 0 spiro atoms. The van der Waals surface area contributed by atoms with E-state index in [0.29, 0.717) is 0 Å². The van der Waals surface area contributed by atoms with Gasteiger partial charge in [-0.2, -0.15) is 0 Å². The van der Waals surface area contributed by atoms with Crippen LogP contribution in [0.25, 0.3) is 118 Å². The molecule has 0 bridgehead atoms. The van der Waals surface area contributed by atoms with Gasteiger partial charge in [0.1, 0.15) is 0 Å². The van der Waals surface area contributed by atoms with Crippen LogP contribution in [-0.2, 0) is 0 Å². The van der Waals surface area contributed by atoms with Crippen molar-refractivity contribution in [3.05, 3.63) is 194 Å². The minimum Gasteiger partial charge on any atom is -0.309 e. The molecule has 0 saturated carbocycles. The number of hydrogen-bond donors (Lipinski definition) is 0. The zero-order valence-electron chi connectivity index (χ0n) is 31.2. The number of benzene rings is 9. The van der Waals surface area contributed by atoms with Crippen LogP contribution >= 0.6 is 22.7 Å². The summed E-state index contributed by atoms with van der Waals surface area (Å²) in [5.74, 6) is 0. The summed E-state index contributed by atoms with van der Waals surface area (Å²) in [5, 5.41) is 10.5. The lowest BCUT2D eigenvalue weighted by Crippen LogP contribution is -1.96. The Kier molecular flexibility index (Phi) is 6.79. The zero-order chi connectivity index (χ0) is 37.9. The lowest BCUT2D eigenvalue weighted by molar-refractivity contribution is 1.18. The molecule has 270 valence electrons. The van der Waals surface area contributed by atoms with Crippen molar-refractivity contribution in [1.82, 2.24) is 9.13 Å². The molecule has 0 amide bonds. The predicted octanol–water partition coefficient (Wildman–Crippen LogP) is 16.0. The highest BCUT2D eigenvalue weighted by molar-refractivity contribution is 7.27. The second kappa shape index (κ2) is 12.3. The Morgan fingerprint density at radius 2 is 0.672 bits per heavy atom. The molecule has 0 aliphatic heterocycles. The summed E-state index contributed by atoms with van der Waals surface area (Å²) in [7, 11) is 0. The van der Waals surface area contributed by atoms with Gasteiger partial charge in [-0.25, -0.2) is 0 Å². The highest BCUT2D eigenvalue weighted by atomic mass is 32.1. The molecule has 58 heavy (non-hydrogen) atoms. The van der Waals surface area contributed by atoms with E-state index in [0.717, 1.165) is 0 Å². The fourth-order valence-corrected chi connectivity index (χ4v) is 12.1. The van der Waals surface area contributed by atoms with Crippen LogP contribution < -0.4 is 0 Å². The molecular formula is C54H32N2S2. The first-order valence-electron chi connectivity index (χ1n) is 19.8. The lowest BCUT2D eigenvalue weighted by Gasteiger charge is -2.14. The number of thiophene rings is 2. The highest BCUT2D eigenvalue weighted by Gasteiger charge is 2.24. The van der Waals surface area contributed by atoms with E-state index in [1.54, 1.807) is 0 Å². The maximum atomic E-state index is 2.48. The standard InChI is InChI=1S/C54H32N2S2/c1-3-15-35(16-4-1)55-45-23-11-7-21-39(45)49-51(55)41(31-43-37-19-9-13-25-47(37)57-53(43)49)33-27-29-34(30-28-33)42-32-44-38-20-10-14-26-48(38)58-54(44)50-40-22-8-12-24-46(40)56(52(42)50)36-17-5-2-6-18-36/h1-32H. The van der Waals surface area contributed by atoms with Crippen molar-refractivity contribution in [2.45, 2.75) is 0 Å². The smallest absolute Gasteiger partial charge is 0.0634 e. The van der Waals surface area contributed by atoms with Crippen molar-refractivity contribution in [2.24, 2.45) is 0 Å². The van der Waals surface area contributed by atoms with Gasteiger partial charge in [0, 0.05) is 84.4 Å². The van der Waals surface area contributed by atoms with Crippen LogP contribution in [0.2, 0.25) is 0 Å². The van der Waals surface area contributed by atoms with Gasteiger partial charge in [0.2, 0.25) is 0 Å². The van der Waals surface area contributed by atoms with E-state index >= 15 is 0 Å². The third kappa shape index (κ3) is 4.47. The van der Waals surface area contributed by atoms with Crippen molar-refractivity contribution in [3.63, 3.8) is 0 Å². The van der Waals surface area contributed by atoms with Gasteiger partial charge in [-0.1, -0.05) is 133 Å². The van der Waals surface area contributed by atoms with Crippen LogP contribution in [-0.4, -0.2) is 9.13 Å². The molecule has 0 aliphatic carbocycles. The van der Waals surface area contributed by atoms with E-state index in [4.69, 9.17) is 0 Å². The summed E-state index contributed by atoms with van der Waals surface area (Å²) in [6.07, 6.45) is 0. The molecule has 0 aliphatic rings. The Hall–Kier alpha value is -6.98. The molecular weight excluding hydrogens is 741 g/mol. The van der Waals surface area contributed by atoms with Crippen LogP contribution in [0.15, 0.2) is 194 Å². The number of nitrogens with zero attached hydrogens (tertiary/aromatic N) is 2. The second-order valence-corrected chi connectivity index (χ2v) is 17.3. The molecule has 4 heterocycles. The Morgan fingerprint density at radius 3 is 1.10 bits per heavy atom. The fourth-order valence-electron chi connectivity index (χ4n) is 9.62. The fraction of sp³-hybridized carbons (Fsp3) is 0. The summed E-state index contributed by atoms with van der Waals surface area (Å²) in [6.45, 7) is 0. The Bertz CT molecular complexity index is 3520. The molecule has 0 atom stereocenters. The Morgan fingerprint density at radius 1 is 0.310 bits per heavy atom. The SMILES string of the molecule is c1ccc(-n2c3ccccc3c3c4sc5ccccc5c4cc(-c4ccc(-c5cc6c7ccccc7sc6c6c7ccccc7n(-c7ccccc7)c56)cc4)c32)cc1. The van der Waals surface area contributed by atoms with Gasteiger partial charge in [-0.05, 0) is 71.8 Å². The van der Waals surface area contributed by atoms with Crippen LogP contribution in [0.5, 0.6) is 0 Å². The molecule has 13 rings (SSSR count). The highest BCUT2D eigenvalue weighted by Crippen LogP contribution is 2.50. The van der Waals surface area contributed by atoms with E-state index in [1.807, 2.05) is 22.7 Å². The maximum Gasteiger partial charge on any atom is 0.0634 e. The minimum atomic E-state index is 1.17. The van der Waals surface area contributed by atoms with E-state index in [-0.39, 0.29) is 0 Å². The normalized spacial score (nSPS) is 12.1. The van der Waals surface area contributed by atoms with Gasteiger partial charge in [0.25, 0.3) is 0 Å². The first-order valence-corrected chi connectivity index (χ1v) is 21.4. The monoisotopic (exact) mass is 772 g/mol. The molecule has 0 N–H and O–H groups in total. The third-order valence-corrected chi connectivity index (χ3v) is 14.5. The van der Waals surface area contributed by atoms with Gasteiger partial charge in [0.05, 0.1) is 22.1 Å². The van der Waals surface area contributed by atoms with E-state index in [9.17, 15) is 0 Å². The van der Waals surface area contributed by atoms with Gasteiger partial charge in [-0.15, -0.1) is 22.7 Å². The largest absolute Gasteiger partial charge is 0.309 e. The molecule has 2 nitrogen and oxygen atoms in total. The molecule has 4 heteroatoms. The molecule has 0 unspecified atom stereocenters. The van der Waals surface area contributed by atoms with Crippen LogP contribution in [0, 0.1) is 0 Å². The summed E-state index contributed by atoms with van der Waals surface area (Å²) >= 11 is 3.82. The molecule has 13 aromatic rings. The van der Waals surface area contributed by atoms with Crippen molar-refractivity contribution in [2.75, 3.05) is 0 Å².